The summed E-state index contributed by atoms with van der Waals surface area (Å²) < 4.78 is 5.43. The van der Waals surface area contributed by atoms with Crippen molar-refractivity contribution in [3.05, 3.63) is 0 Å². The summed E-state index contributed by atoms with van der Waals surface area (Å²) in [6, 6.07) is 0.386. The molecule has 1 rings (SSSR count). The zero-order chi connectivity index (χ0) is 10.8. The van der Waals surface area contributed by atoms with Crippen molar-refractivity contribution in [3.8, 4) is 0 Å². The summed E-state index contributed by atoms with van der Waals surface area (Å²) >= 11 is 0. The van der Waals surface area contributed by atoms with Crippen LogP contribution in [0.2, 0.25) is 0 Å². The van der Waals surface area contributed by atoms with Crippen LogP contribution >= 0.6 is 0 Å². The summed E-state index contributed by atoms with van der Waals surface area (Å²) in [6.07, 6.45) is 1.11. The number of ether oxygens (including phenoxy) is 1. The fourth-order valence-corrected chi connectivity index (χ4v) is 2.00. The van der Waals surface area contributed by atoms with E-state index in [-0.39, 0.29) is 5.60 Å². The Labute approximate surface area is 87.6 Å². The van der Waals surface area contributed by atoms with Crippen molar-refractivity contribution >= 4 is 0 Å². The molecule has 1 saturated heterocycles. The lowest BCUT2D eigenvalue weighted by Gasteiger charge is -2.38. The molecule has 0 aliphatic carbocycles. The van der Waals surface area contributed by atoms with E-state index in [1.165, 1.54) is 0 Å². The van der Waals surface area contributed by atoms with Gasteiger partial charge in [-0.3, -0.25) is 0 Å². The van der Waals surface area contributed by atoms with Crippen LogP contribution in [0.15, 0.2) is 0 Å². The highest BCUT2D eigenvalue weighted by molar-refractivity contribution is 4.83. The van der Waals surface area contributed by atoms with Crippen LogP contribution < -0.4 is 5.73 Å². The molecule has 1 aliphatic rings. The molecule has 84 valence electrons. The summed E-state index contributed by atoms with van der Waals surface area (Å²) in [5.41, 5.74) is 5.94. The van der Waals surface area contributed by atoms with Crippen LogP contribution in [0, 0.1) is 5.92 Å². The highest BCUT2D eigenvalue weighted by Crippen LogP contribution is 2.18. The van der Waals surface area contributed by atoms with E-state index in [9.17, 15) is 0 Å². The first-order chi connectivity index (χ1) is 6.44. The molecule has 14 heavy (non-hydrogen) atoms. The van der Waals surface area contributed by atoms with Crippen LogP contribution in [-0.2, 0) is 4.74 Å². The second-order valence-corrected chi connectivity index (χ2v) is 5.13. The molecule has 3 heteroatoms. The number of hydrogen-bond acceptors (Lipinski definition) is 3. The third kappa shape index (κ3) is 3.23. The number of rotatable bonds is 3. The molecule has 0 radical (unpaired) electrons. The van der Waals surface area contributed by atoms with Crippen molar-refractivity contribution in [2.75, 3.05) is 26.7 Å². The average molecular weight is 200 g/mol. The maximum atomic E-state index is 5.98. The molecular weight excluding hydrogens is 176 g/mol. The van der Waals surface area contributed by atoms with Gasteiger partial charge in [0.25, 0.3) is 0 Å². The first-order valence-corrected chi connectivity index (χ1v) is 5.48. The first kappa shape index (κ1) is 12.0. The van der Waals surface area contributed by atoms with Crippen molar-refractivity contribution < 1.29 is 4.74 Å². The molecule has 2 unspecified atom stereocenters. The summed E-state index contributed by atoms with van der Waals surface area (Å²) in [5, 5.41) is 0. The van der Waals surface area contributed by atoms with E-state index in [0.717, 1.165) is 26.1 Å². The third-order valence-corrected chi connectivity index (χ3v) is 3.21. The van der Waals surface area contributed by atoms with Crippen molar-refractivity contribution in [3.63, 3.8) is 0 Å². The fourth-order valence-electron chi connectivity index (χ4n) is 2.00. The molecule has 3 nitrogen and oxygen atoms in total. The molecule has 0 aromatic carbocycles. The maximum absolute atomic E-state index is 5.98. The zero-order valence-corrected chi connectivity index (χ0v) is 9.92. The Morgan fingerprint density at radius 3 is 2.64 bits per heavy atom. The van der Waals surface area contributed by atoms with Gasteiger partial charge in [-0.1, -0.05) is 6.92 Å². The number of nitrogens with zero attached hydrogens (tertiary/aromatic N) is 1. The molecule has 0 aromatic rings. The number of hydrogen-bond donors (Lipinski definition) is 1. The highest BCUT2D eigenvalue weighted by atomic mass is 16.5. The van der Waals surface area contributed by atoms with Gasteiger partial charge in [0.1, 0.15) is 0 Å². The molecule has 0 bridgehead atoms. The summed E-state index contributed by atoms with van der Waals surface area (Å²) in [4.78, 5) is 2.46. The van der Waals surface area contributed by atoms with Crippen LogP contribution in [0.5, 0.6) is 0 Å². The molecule has 2 N–H and O–H groups in total. The van der Waals surface area contributed by atoms with Gasteiger partial charge in [-0.2, -0.15) is 0 Å². The van der Waals surface area contributed by atoms with E-state index in [2.05, 4.69) is 25.7 Å². The summed E-state index contributed by atoms with van der Waals surface area (Å²) in [5.74, 6) is 0.608. The second-order valence-electron chi connectivity index (χ2n) is 5.13. The Morgan fingerprint density at radius 1 is 1.50 bits per heavy atom. The minimum absolute atomic E-state index is 0.0405. The van der Waals surface area contributed by atoms with Gasteiger partial charge in [0.15, 0.2) is 0 Å². The maximum Gasteiger partial charge on any atom is 0.0749 e. The number of methoxy groups -OCH3 is 1. The minimum atomic E-state index is -0.0405. The van der Waals surface area contributed by atoms with Gasteiger partial charge in [0.05, 0.1) is 5.60 Å². The van der Waals surface area contributed by atoms with Gasteiger partial charge in [0, 0.05) is 26.2 Å². The number of piperidine rings is 1. The van der Waals surface area contributed by atoms with Gasteiger partial charge in [-0.05, 0) is 32.7 Å². The minimum Gasteiger partial charge on any atom is -0.377 e. The predicted octanol–water partition coefficient (Wildman–Crippen LogP) is 1.08. The lowest BCUT2D eigenvalue weighted by Crippen LogP contribution is -2.50. The highest BCUT2D eigenvalue weighted by Gasteiger charge is 2.27. The van der Waals surface area contributed by atoms with Gasteiger partial charge < -0.3 is 15.4 Å². The molecule has 0 aromatic heterocycles. The first-order valence-electron chi connectivity index (χ1n) is 5.48. The normalized spacial score (nSPS) is 30.6. The SMILES string of the molecule is COC(C)(C)CN1CCC(N)C(C)C1. The lowest BCUT2D eigenvalue weighted by molar-refractivity contribution is -0.0173. The smallest absolute Gasteiger partial charge is 0.0749 e. The molecule has 0 saturated carbocycles. The van der Waals surface area contributed by atoms with Crippen molar-refractivity contribution in [2.24, 2.45) is 11.7 Å². The topological polar surface area (TPSA) is 38.5 Å². The Kier molecular flexibility index (Phi) is 3.93. The molecule has 1 heterocycles. The monoisotopic (exact) mass is 200 g/mol. The molecule has 1 aliphatic heterocycles. The summed E-state index contributed by atoms with van der Waals surface area (Å²) in [6.45, 7) is 9.71. The van der Waals surface area contributed by atoms with Crippen molar-refractivity contribution in [1.82, 2.24) is 4.90 Å². The fraction of sp³-hybridized carbons (Fsp3) is 1.00. The quantitative estimate of drug-likeness (QED) is 0.741. The average Bonchev–Trinajstić information content (AvgIpc) is 2.11. The molecule has 2 atom stereocenters. The Morgan fingerprint density at radius 2 is 2.14 bits per heavy atom. The third-order valence-electron chi connectivity index (χ3n) is 3.21. The standard InChI is InChI=1S/C11H24N2O/c1-9-7-13(6-5-10(9)12)8-11(2,3)14-4/h9-10H,5-8,12H2,1-4H3. The number of nitrogens with two attached hydrogens (primary N) is 1. The van der Waals surface area contributed by atoms with Crippen LogP contribution in [0.3, 0.4) is 0 Å². The van der Waals surface area contributed by atoms with E-state index < -0.39 is 0 Å². The van der Waals surface area contributed by atoms with Gasteiger partial charge in [-0.25, -0.2) is 0 Å². The van der Waals surface area contributed by atoms with Crippen LogP contribution in [-0.4, -0.2) is 43.3 Å². The van der Waals surface area contributed by atoms with Crippen molar-refractivity contribution in [1.29, 1.82) is 0 Å². The molecule has 0 amide bonds. The summed E-state index contributed by atoms with van der Waals surface area (Å²) in [7, 11) is 1.78. The van der Waals surface area contributed by atoms with Crippen molar-refractivity contribution in [2.45, 2.75) is 38.8 Å². The second kappa shape index (κ2) is 4.60. The molecule has 0 spiro atoms. The largest absolute Gasteiger partial charge is 0.377 e. The molecular formula is C11H24N2O. The van der Waals surface area contributed by atoms with E-state index in [1.54, 1.807) is 7.11 Å². The van der Waals surface area contributed by atoms with Gasteiger partial charge in [-0.15, -0.1) is 0 Å². The van der Waals surface area contributed by atoms with E-state index in [1.807, 2.05) is 0 Å². The molecule has 1 fully saturated rings. The van der Waals surface area contributed by atoms with Crippen LogP contribution in [0.4, 0.5) is 0 Å². The van der Waals surface area contributed by atoms with E-state index >= 15 is 0 Å². The zero-order valence-electron chi connectivity index (χ0n) is 9.92. The van der Waals surface area contributed by atoms with Gasteiger partial charge >= 0.3 is 0 Å². The number of likely N-dealkylation sites (tertiary alicyclic amines) is 1. The van der Waals surface area contributed by atoms with Gasteiger partial charge in [0.2, 0.25) is 0 Å². The van der Waals surface area contributed by atoms with Crippen LogP contribution in [0.1, 0.15) is 27.2 Å². The van der Waals surface area contributed by atoms with E-state index in [4.69, 9.17) is 10.5 Å². The Hall–Kier alpha value is -0.120. The lowest BCUT2D eigenvalue weighted by atomic mass is 9.94. The Balaban J connectivity index is 2.40. The Bertz CT molecular complexity index is 182. The predicted molar refractivity (Wildman–Crippen MR) is 59.3 cm³/mol. The van der Waals surface area contributed by atoms with E-state index in [0.29, 0.717) is 12.0 Å². The van der Waals surface area contributed by atoms with Crippen LogP contribution in [0.25, 0.3) is 0 Å².